The molecule has 3 unspecified atom stereocenters. The van der Waals surface area contributed by atoms with Crippen LogP contribution in [0.15, 0.2) is 24.3 Å². The lowest BCUT2D eigenvalue weighted by Crippen LogP contribution is -2.76. The molecule has 0 spiro atoms. The molecule has 28 heavy (non-hydrogen) atoms. The van der Waals surface area contributed by atoms with Crippen molar-refractivity contribution in [2.45, 2.75) is 64.6 Å². The van der Waals surface area contributed by atoms with Crippen LogP contribution in [-0.4, -0.2) is 42.7 Å². The maximum Gasteiger partial charge on any atom is 0.249 e. The number of anilines is 1. The largest absolute Gasteiger partial charge is 0.378 e. The highest BCUT2D eigenvalue weighted by Crippen LogP contribution is 2.50. The lowest BCUT2D eigenvalue weighted by Gasteiger charge is -2.57. The quantitative estimate of drug-likeness (QED) is 0.782. The minimum atomic E-state index is -1.01. The Bertz CT molecular complexity index is 722. The summed E-state index contributed by atoms with van der Waals surface area (Å²) in [6.07, 6.45) is 1.91. The fourth-order valence-corrected chi connectivity index (χ4v) is 4.10. The molecule has 1 aliphatic carbocycles. The highest BCUT2D eigenvalue weighted by atomic mass is 35.5. The normalized spacial score (nSPS) is 28.9. The first-order valence-corrected chi connectivity index (χ1v) is 9.80. The summed E-state index contributed by atoms with van der Waals surface area (Å²) >= 11 is 0. The van der Waals surface area contributed by atoms with Crippen LogP contribution < -0.4 is 16.0 Å². The monoisotopic (exact) mass is 409 g/mol. The van der Waals surface area contributed by atoms with Gasteiger partial charge in [0.15, 0.2) is 0 Å². The number of nitrogens with zero attached hydrogens (tertiary/aromatic N) is 1. The standard InChI is InChI=1S/C21H31N3O3.ClH/c1-5-27-17-13-21(22,20(17,3)4)19(26)23-16-7-6-12-24(18(16)25)15-10-8-14(2)9-11-15;/h8-11,16-17H,5-7,12-13,22H2,1-4H3,(H,23,26);1H. The molecule has 7 heteroatoms. The van der Waals surface area contributed by atoms with Gasteiger partial charge in [0.05, 0.1) is 6.10 Å². The zero-order valence-electron chi connectivity index (χ0n) is 17.2. The third-order valence-corrected chi connectivity index (χ3v) is 6.32. The predicted octanol–water partition coefficient (Wildman–Crippen LogP) is 2.56. The molecule has 0 radical (unpaired) electrons. The van der Waals surface area contributed by atoms with Crippen LogP contribution in [0.3, 0.4) is 0 Å². The summed E-state index contributed by atoms with van der Waals surface area (Å²) in [6, 6.07) is 7.34. The van der Waals surface area contributed by atoms with Crippen molar-refractivity contribution in [3.05, 3.63) is 29.8 Å². The number of halogens is 1. The van der Waals surface area contributed by atoms with Gasteiger partial charge in [0.1, 0.15) is 11.6 Å². The lowest BCUT2D eigenvalue weighted by atomic mass is 9.54. The molecule has 2 fully saturated rings. The number of aryl methyl sites for hydroxylation is 1. The number of hydrogen-bond acceptors (Lipinski definition) is 4. The van der Waals surface area contributed by atoms with Crippen LogP contribution in [0.4, 0.5) is 5.69 Å². The third kappa shape index (κ3) is 3.78. The van der Waals surface area contributed by atoms with Crippen molar-refractivity contribution in [2.24, 2.45) is 11.1 Å². The summed E-state index contributed by atoms with van der Waals surface area (Å²) in [6.45, 7) is 9.13. The zero-order valence-corrected chi connectivity index (χ0v) is 18.0. The van der Waals surface area contributed by atoms with Gasteiger partial charge in [-0.1, -0.05) is 31.5 Å². The van der Waals surface area contributed by atoms with E-state index in [1.54, 1.807) is 4.90 Å². The van der Waals surface area contributed by atoms with Gasteiger partial charge in [0.25, 0.3) is 0 Å². The van der Waals surface area contributed by atoms with E-state index in [4.69, 9.17) is 10.5 Å². The number of rotatable bonds is 5. The summed E-state index contributed by atoms with van der Waals surface area (Å²) in [5.74, 6) is -0.326. The summed E-state index contributed by atoms with van der Waals surface area (Å²) in [4.78, 5) is 27.7. The van der Waals surface area contributed by atoms with Crippen molar-refractivity contribution in [3.8, 4) is 0 Å². The van der Waals surface area contributed by atoms with Crippen LogP contribution in [0, 0.1) is 12.3 Å². The van der Waals surface area contributed by atoms with E-state index in [9.17, 15) is 9.59 Å². The summed E-state index contributed by atoms with van der Waals surface area (Å²) in [7, 11) is 0. The van der Waals surface area contributed by atoms with Gasteiger partial charge in [-0.3, -0.25) is 9.59 Å². The number of hydrogen-bond donors (Lipinski definition) is 2. The van der Waals surface area contributed by atoms with Crippen LogP contribution in [0.2, 0.25) is 0 Å². The predicted molar refractivity (Wildman–Crippen MR) is 113 cm³/mol. The van der Waals surface area contributed by atoms with Gasteiger partial charge in [-0.25, -0.2) is 0 Å². The Morgan fingerprint density at radius 1 is 1.32 bits per heavy atom. The Hall–Kier alpha value is -1.63. The molecular weight excluding hydrogens is 378 g/mol. The first kappa shape index (κ1) is 22.7. The minimum absolute atomic E-state index is 0. The molecule has 2 amide bonds. The van der Waals surface area contributed by atoms with Crippen molar-refractivity contribution in [3.63, 3.8) is 0 Å². The molecule has 3 atom stereocenters. The first-order chi connectivity index (χ1) is 12.7. The van der Waals surface area contributed by atoms with Gasteiger partial charge in [0, 0.05) is 30.7 Å². The second kappa shape index (κ2) is 8.39. The van der Waals surface area contributed by atoms with Crippen LogP contribution in [0.1, 0.15) is 45.6 Å². The van der Waals surface area contributed by atoms with E-state index in [-0.39, 0.29) is 30.3 Å². The number of carbonyl (C=O) groups is 2. The smallest absolute Gasteiger partial charge is 0.249 e. The minimum Gasteiger partial charge on any atom is -0.378 e. The number of ether oxygens (including phenoxy) is 1. The van der Waals surface area contributed by atoms with Gasteiger partial charge in [-0.2, -0.15) is 0 Å². The molecule has 0 aromatic heterocycles. The third-order valence-electron chi connectivity index (χ3n) is 6.32. The fourth-order valence-electron chi connectivity index (χ4n) is 4.10. The van der Waals surface area contributed by atoms with Crippen LogP contribution in [0.5, 0.6) is 0 Å². The molecule has 156 valence electrons. The van der Waals surface area contributed by atoms with Crippen molar-refractivity contribution in [2.75, 3.05) is 18.1 Å². The van der Waals surface area contributed by atoms with Gasteiger partial charge in [0.2, 0.25) is 11.8 Å². The molecule has 1 aliphatic heterocycles. The molecule has 1 heterocycles. The van der Waals surface area contributed by atoms with E-state index >= 15 is 0 Å². The maximum atomic E-state index is 13.0. The van der Waals surface area contributed by atoms with Crippen LogP contribution in [-0.2, 0) is 14.3 Å². The van der Waals surface area contributed by atoms with E-state index in [0.29, 0.717) is 26.0 Å². The molecule has 6 nitrogen and oxygen atoms in total. The highest BCUT2D eigenvalue weighted by molar-refractivity contribution is 6.01. The Balaban J connectivity index is 0.00000280. The molecule has 2 aliphatic rings. The first-order valence-electron chi connectivity index (χ1n) is 9.80. The molecular formula is C21H32ClN3O3. The average Bonchev–Trinajstić information content (AvgIpc) is 2.64. The van der Waals surface area contributed by atoms with Gasteiger partial charge in [-0.15, -0.1) is 12.4 Å². The number of piperidine rings is 1. The Morgan fingerprint density at radius 2 is 1.96 bits per heavy atom. The molecule has 3 N–H and O–H groups in total. The van der Waals surface area contributed by atoms with Gasteiger partial charge < -0.3 is 20.7 Å². The highest BCUT2D eigenvalue weighted by Gasteiger charge is 2.63. The van der Waals surface area contributed by atoms with E-state index in [1.165, 1.54) is 0 Å². The Labute approximate surface area is 173 Å². The van der Waals surface area contributed by atoms with Crippen molar-refractivity contribution >= 4 is 29.9 Å². The number of benzene rings is 1. The van der Waals surface area contributed by atoms with E-state index in [2.05, 4.69) is 5.32 Å². The summed E-state index contributed by atoms with van der Waals surface area (Å²) < 4.78 is 5.70. The van der Waals surface area contributed by atoms with E-state index < -0.39 is 17.0 Å². The molecule has 1 saturated heterocycles. The lowest BCUT2D eigenvalue weighted by molar-refractivity contribution is -0.171. The van der Waals surface area contributed by atoms with Crippen LogP contribution in [0.25, 0.3) is 0 Å². The number of carbonyl (C=O) groups excluding carboxylic acids is 2. The summed E-state index contributed by atoms with van der Waals surface area (Å²) in [5, 5.41) is 2.93. The van der Waals surface area contributed by atoms with E-state index in [0.717, 1.165) is 17.7 Å². The topological polar surface area (TPSA) is 84.7 Å². The molecule has 1 aromatic carbocycles. The van der Waals surface area contributed by atoms with Gasteiger partial charge >= 0.3 is 0 Å². The summed E-state index contributed by atoms with van der Waals surface area (Å²) in [5.41, 5.74) is 6.98. The molecule has 1 saturated carbocycles. The molecule has 0 bridgehead atoms. The number of amides is 2. The number of nitrogens with one attached hydrogen (secondary N) is 1. The average molecular weight is 410 g/mol. The Kier molecular flexibility index (Phi) is 6.79. The van der Waals surface area contributed by atoms with Gasteiger partial charge in [-0.05, 0) is 38.8 Å². The number of nitrogens with two attached hydrogens (primary N) is 1. The molecule has 3 rings (SSSR count). The fraction of sp³-hybridized carbons (Fsp3) is 0.619. The second-order valence-electron chi connectivity index (χ2n) is 8.33. The van der Waals surface area contributed by atoms with Crippen LogP contribution >= 0.6 is 12.4 Å². The maximum absolute atomic E-state index is 13.0. The van der Waals surface area contributed by atoms with Crippen molar-refractivity contribution in [1.82, 2.24) is 5.32 Å². The van der Waals surface area contributed by atoms with Crippen molar-refractivity contribution < 1.29 is 14.3 Å². The van der Waals surface area contributed by atoms with E-state index in [1.807, 2.05) is 52.0 Å². The Morgan fingerprint density at radius 3 is 2.54 bits per heavy atom. The SMILES string of the molecule is CCOC1CC(N)(C(=O)NC2CCCN(c3ccc(C)cc3)C2=O)C1(C)C.Cl. The molecule has 1 aromatic rings. The van der Waals surface area contributed by atoms with Crippen molar-refractivity contribution in [1.29, 1.82) is 0 Å². The zero-order chi connectivity index (χ0) is 19.8. The second-order valence-corrected chi connectivity index (χ2v) is 8.33.